The fourth-order valence-corrected chi connectivity index (χ4v) is 2.92. The van der Waals surface area contributed by atoms with Gasteiger partial charge in [-0.2, -0.15) is 0 Å². The van der Waals surface area contributed by atoms with E-state index in [9.17, 15) is 9.18 Å². The first-order chi connectivity index (χ1) is 12.0. The van der Waals surface area contributed by atoms with E-state index in [0.717, 1.165) is 22.2 Å². The lowest BCUT2D eigenvalue weighted by Crippen LogP contribution is -1.96. The molecule has 4 aromatic rings. The summed E-state index contributed by atoms with van der Waals surface area (Å²) in [6.07, 6.45) is 0. The largest absolute Gasteiger partial charge is 0.458 e. The van der Waals surface area contributed by atoms with Gasteiger partial charge < -0.3 is 14.2 Å². The minimum Gasteiger partial charge on any atom is -0.458 e. The quantitative estimate of drug-likeness (QED) is 0.498. The van der Waals surface area contributed by atoms with Gasteiger partial charge in [-0.3, -0.25) is 0 Å². The maximum Gasteiger partial charge on any atom is 0.336 e. The molecule has 0 radical (unpaired) electrons. The number of hydrogen-bond acceptors (Lipinski definition) is 4. The molecule has 0 aliphatic carbocycles. The summed E-state index contributed by atoms with van der Waals surface area (Å²) in [4.78, 5) is 11.4. The Morgan fingerprint density at radius 1 is 1.00 bits per heavy atom. The van der Waals surface area contributed by atoms with E-state index in [1.54, 1.807) is 24.3 Å². The van der Waals surface area contributed by atoms with Gasteiger partial charge in [-0.25, -0.2) is 9.18 Å². The van der Waals surface area contributed by atoms with Crippen molar-refractivity contribution in [2.24, 2.45) is 0 Å². The third-order valence-electron chi connectivity index (χ3n) is 4.08. The Bertz CT molecular complexity index is 1140. The highest BCUT2D eigenvalue weighted by Crippen LogP contribution is 2.39. The third-order valence-corrected chi connectivity index (χ3v) is 4.08. The second kappa shape index (κ2) is 5.77. The smallest absolute Gasteiger partial charge is 0.336 e. The monoisotopic (exact) mass is 337 g/mol. The van der Waals surface area contributed by atoms with E-state index in [2.05, 4.69) is 5.32 Å². The van der Waals surface area contributed by atoms with Gasteiger partial charge in [0.25, 0.3) is 0 Å². The summed E-state index contributed by atoms with van der Waals surface area (Å²) in [6, 6.07) is 13.0. The molecular weight excluding hydrogens is 321 g/mol. The molecule has 2 aromatic carbocycles. The molecule has 0 aliphatic rings. The van der Waals surface area contributed by atoms with E-state index in [4.69, 9.17) is 8.83 Å². The zero-order chi connectivity index (χ0) is 17.6. The number of benzene rings is 2. The van der Waals surface area contributed by atoms with Gasteiger partial charge in [-0.15, -0.1) is 0 Å². The van der Waals surface area contributed by atoms with Crippen LogP contribution in [0, 0.1) is 5.82 Å². The van der Waals surface area contributed by atoms with Crippen LogP contribution in [0.3, 0.4) is 0 Å². The summed E-state index contributed by atoms with van der Waals surface area (Å²) >= 11 is 0. The topological polar surface area (TPSA) is 55.4 Å². The molecule has 1 N–H and O–H groups in total. The Hall–Kier alpha value is -3.08. The number of fused-ring (bicyclic) bond motifs is 2. The summed E-state index contributed by atoms with van der Waals surface area (Å²) in [5.74, 6) is 0.576. The Labute approximate surface area is 142 Å². The van der Waals surface area contributed by atoms with Gasteiger partial charge in [0.2, 0.25) is 0 Å². The summed E-state index contributed by atoms with van der Waals surface area (Å²) in [5, 5.41) is 4.92. The lowest BCUT2D eigenvalue weighted by atomic mass is 10.1. The molecule has 0 aliphatic heterocycles. The molecule has 0 saturated carbocycles. The molecular formula is C20H16FNO3. The molecule has 0 saturated heterocycles. The van der Waals surface area contributed by atoms with Crippen LogP contribution in [-0.2, 0) is 0 Å². The van der Waals surface area contributed by atoms with Crippen LogP contribution in [0.1, 0.15) is 25.5 Å². The molecule has 0 atom stereocenters. The first kappa shape index (κ1) is 15.4. The number of halogens is 1. The van der Waals surface area contributed by atoms with Gasteiger partial charge in [0.05, 0.1) is 5.69 Å². The third kappa shape index (κ3) is 2.78. The Balaban J connectivity index is 1.95. The number of furan rings is 1. The Kier molecular flexibility index (Phi) is 3.57. The first-order valence-corrected chi connectivity index (χ1v) is 8.04. The molecule has 25 heavy (non-hydrogen) atoms. The highest BCUT2D eigenvalue weighted by molar-refractivity contribution is 6.01. The molecule has 4 nitrogen and oxygen atoms in total. The lowest BCUT2D eigenvalue weighted by molar-refractivity contribution is 0.522. The van der Waals surface area contributed by atoms with Crippen molar-refractivity contribution < 1.29 is 13.2 Å². The molecule has 0 fully saturated rings. The van der Waals surface area contributed by atoms with Crippen LogP contribution in [0.5, 0.6) is 0 Å². The summed E-state index contributed by atoms with van der Waals surface area (Å²) in [6.45, 7) is 4.04. The van der Waals surface area contributed by atoms with Gasteiger partial charge in [-0.1, -0.05) is 19.9 Å². The van der Waals surface area contributed by atoms with Crippen LogP contribution in [-0.4, -0.2) is 0 Å². The molecule has 5 heteroatoms. The van der Waals surface area contributed by atoms with Crippen molar-refractivity contribution in [2.45, 2.75) is 19.8 Å². The van der Waals surface area contributed by atoms with Crippen LogP contribution in [0.4, 0.5) is 15.8 Å². The normalized spacial score (nSPS) is 11.5. The predicted molar refractivity (Wildman–Crippen MR) is 96.0 cm³/mol. The molecule has 2 aromatic heterocycles. The molecule has 4 rings (SSSR count). The van der Waals surface area contributed by atoms with E-state index in [-0.39, 0.29) is 11.7 Å². The summed E-state index contributed by atoms with van der Waals surface area (Å²) in [5.41, 5.74) is 2.12. The summed E-state index contributed by atoms with van der Waals surface area (Å²) in [7, 11) is 0. The lowest BCUT2D eigenvalue weighted by Gasteiger charge is -2.09. The standard InChI is InChI=1S/C20H16FNO3/c1-11(2)20-19(22-14-5-3-4-13(21)9-14)15-8-12-6-7-18(23)24-16(12)10-17(15)25-20/h3-11,22H,1-2H3. The maximum atomic E-state index is 13.5. The molecule has 126 valence electrons. The number of rotatable bonds is 3. The summed E-state index contributed by atoms with van der Waals surface area (Å²) < 4.78 is 24.7. The van der Waals surface area contributed by atoms with Crippen LogP contribution < -0.4 is 10.9 Å². The van der Waals surface area contributed by atoms with E-state index in [1.165, 1.54) is 18.2 Å². The second-order valence-electron chi connectivity index (χ2n) is 6.27. The average molecular weight is 337 g/mol. The van der Waals surface area contributed by atoms with Crippen molar-refractivity contribution in [1.29, 1.82) is 0 Å². The van der Waals surface area contributed by atoms with Crippen LogP contribution >= 0.6 is 0 Å². The number of anilines is 2. The van der Waals surface area contributed by atoms with E-state index < -0.39 is 5.63 Å². The van der Waals surface area contributed by atoms with E-state index in [0.29, 0.717) is 16.9 Å². The minimum atomic E-state index is -0.402. The van der Waals surface area contributed by atoms with Crippen molar-refractivity contribution in [3.63, 3.8) is 0 Å². The molecule has 0 amide bonds. The van der Waals surface area contributed by atoms with Crippen molar-refractivity contribution in [3.8, 4) is 0 Å². The number of hydrogen-bond donors (Lipinski definition) is 1. The molecule has 2 heterocycles. The van der Waals surface area contributed by atoms with Crippen molar-refractivity contribution in [1.82, 2.24) is 0 Å². The Morgan fingerprint density at radius 3 is 2.60 bits per heavy atom. The van der Waals surface area contributed by atoms with Gasteiger partial charge in [0.1, 0.15) is 22.7 Å². The SMILES string of the molecule is CC(C)c1oc2cc3oc(=O)ccc3cc2c1Nc1cccc(F)c1. The maximum absolute atomic E-state index is 13.5. The second-order valence-corrected chi connectivity index (χ2v) is 6.27. The van der Waals surface area contributed by atoms with Crippen LogP contribution in [0.25, 0.3) is 21.9 Å². The molecule has 0 unspecified atom stereocenters. The molecule has 0 spiro atoms. The van der Waals surface area contributed by atoms with Crippen molar-refractivity contribution >= 4 is 33.3 Å². The minimum absolute atomic E-state index is 0.124. The average Bonchev–Trinajstić information content (AvgIpc) is 2.91. The predicted octanol–water partition coefficient (Wildman–Crippen LogP) is 5.55. The van der Waals surface area contributed by atoms with E-state index >= 15 is 0 Å². The fraction of sp³-hybridized carbons (Fsp3) is 0.150. The van der Waals surface area contributed by atoms with E-state index in [1.807, 2.05) is 19.9 Å². The molecule has 0 bridgehead atoms. The zero-order valence-electron chi connectivity index (χ0n) is 13.8. The Morgan fingerprint density at radius 2 is 1.84 bits per heavy atom. The highest BCUT2D eigenvalue weighted by atomic mass is 19.1. The van der Waals surface area contributed by atoms with Gasteiger partial charge >= 0.3 is 5.63 Å². The van der Waals surface area contributed by atoms with Crippen molar-refractivity contribution in [2.75, 3.05) is 5.32 Å². The van der Waals surface area contributed by atoms with Crippen molar-refractivity contribution in [3.05, 3.63) is 70.5 Å². The van der Waals surface area contributed by atoms with Gasteiger partial charge in [0, 0.05) is 34.5 Å². The van der Waals surface area contributed by atoms with Crippen LogP contribution in [0.2, 0.25) is 0 Å². The zero-order valence-corrected chi connectivity index (χ0v) is 13.8. The van der Waals surface area contributed by atoms with Crippen LogP contribution in [0.15, 0.2) is 62.2 Å². The fourth-order valence-electron chi connectivity index (χ4n) is 2.92. The van der Waals surface area contributed by atoms with Gasteiger partial charge in [0.15, 0.2) is 0 Å². The number of nitrogens with one attached hydrogen (secondary N) is 1. The highest BCUT2D eigenvalue weighted by Gasteiger charge is 2.18. The van der Waals surface area contributed by atoms with Gasteiger partial charge in [-0.05, 0) is 30.3 Å². The first-order valence-electron chi connectivity index (χ1n) is 8.04.